The average molecular weight is 485 g/mol. The second-order valence-corrected chi connectivity index (χ2v) is 11.1. The van der Waals surface area contributed by atoms with Gasteiger partial charge in [0, 0.05) is 54.4 Å². The quantitative estimate of drug-likeness (QED) is 0.594. The van der Waals surface area contributed by atoms with Crippen molar-refractivity contribution in [1.82, 2.24) is 20.2 Å². The summed E-state index contributed by atoms with van der Waals surface area (Å²) >= 11 is 0. The highest BCUT2D eigenvalue weighted by molar-refractivity contribution is 5.94. The molecule has 0 spiro atoms. The number of likely N-dealkylation sites (tertiary alicyclic amines) is 1. The molecule has 3 fully saturated rings. The number of nitrogens with one attached hydrogen (secondary N) is 1. The Morgan fingerprint density at radius 2 is 1.78 bits per heavy atom. The van der Waals surface area contributed by atoms with Gasteiger partial charge in [-0.2, -0.15) is 9.97 Å². The summed E-state index contributed by atoms with van der Waals surface area (Å²) < 4.78 is 6.31. The van der Waals surface area contributed by atoms with E-state index in [4.69, 9.17) is 14.7 Å². The zero-order valence-electron chi connectivity index (χ0n) is 21.2. The highest BCUT2D eigenvalue weighted by Crippen LogP contribution is 2.35. The third-order valence-electron chi connectivity index (χ3n) is 8.72. The third kappa shape index (κ3) is 4.08. The summed E-state index contributed by atoms with van der Waals surface area (Å²) in [5.74, 6) is 1.12. The zero-order valence-corrected chi connectivity index (χ0v) is 21.2. The molecular formula is C29H36N6O. The maximum Gasteiger partial charge on any atom is 0.318 e. The molecule has 1 N–H and O–H groups in total. The molecule has 7 rings (SSSR count). The molecule has 188 valence electrons. The molecular weight excluding hydrogens is 448 g/mol. The summed E-state index contributed by atoms with van der Waals surface area (Å²) in [6.07, 6.45) is 5.91. The number of piperazine rings is 1. The SMILES string of the molecule is CN1CCC[C@H]1COc1nc2c(c(N3CC4CCC(C3)N4)n1)CCN(c1cccc3ccccc13)C2. The molecule has 2 aromatic carbocycles. The molecule has 1 aromatic heterocycles. The predicted octanol–water partition coefficient (Wildman–Crippen LogP) is 3.61. The van der Waals surface area contributed by atoms with Crippen LogP contribution < -0.4 is 19.9 Å². The lowest BCUT2D eigenvalue weighted by atomic mass is 10.0. The Kier molecular flexibility index (Phi) is 5.70. The Bertz CT molecular complexity index is 1250. The van der Waals surface area contributed by atoms with Crippen LogP contribution in [-0.2, 0) is 13.0 Å². The number of nitrogens with zero attached hydrogens (tertiary/aromatic N) is 5. The van der Waals surface area contributed by atoms with Crippen LogP contribution in [0.1, 0.15) is 36.9 Å². The Balaban J connectivity index is 1.22. The number of rotatable bonds is 5. The van der Waals surface area contributed by atoms with Crippen molar-refractivity contribution in [2.24, 2.45) is 0 Å². The molecule has 3 aromatic rings. The van der Waals surface area contributed by atoms with Gasteiger partial charge in [0.1, 0.15) is 12.4 Å². The summed E-state index contributed by atoms with van der Waals surface area (Å²) in [6, 6.07) is 17.4. The number of hydrogen-bond donors (Lipinski definition) is 1. The first-order valence-electron chi connectivity index (χ1n) is 13.7. The van der Waals surface area contributed by atoms with E-state index in [1.54, 1.807) is 0 Å². The number of aromatic nitrogens is 2. The van der Waals surface area contributed by atoms with Crippen LogP contribution in [0.3, 0.4) is 0 Å². The van der Waals surface area contributed by atoms with Crippen molar-refractivity contribution in [3.63, 3.8) is 0 Å². The highest BCUT2D eigenvalue weighted by Gasteiger charge is 2.35. The fourth-order valence-corrected chi connectivity index (χ4v) is 6.73. The van der Waals surface area contributed by atoms with Crippen molar-refractivity contribution < 1.29 is 4.74 Å². The van der Waals surface area contributed by atoms with E-state index in [0.29, 0.717) is 30.7 Å². The molecule has 4 aliphatic heterocycles. The van der Waals surface area contributed by atoms with Crippen LogP contribution in [-0.4, -0.2) is 72.8 Å². The molecule has 3 atom stereocenters. The van der Waals surface area contributed by atoms with E-state index in [0.717, 1.165) is 50.7 Å². The van der Waals surface area contributed by atoms with Gasteiger partial charge in [0.25, 0.3) is 0 Å². The first kappa shape index (κ1) is 22.3. The summed E-state index contributed by atoms with van der Waals surface area (Å²) in [5, 5.41) is 6.35. The van der Waals surface area contributed by atoms with Gasteiger partial charge in [-0.05, 0) is 57.1 Å². The Morgan fingerprint density at radius 3 is 2.61 bits per heavy atom. The van der Waals surface area contributed by atoms with E-state index in [1.807, 2.05) is 0 Å². The fourth-order valence-electron chi connectivity index (χ4n) is 6.73. The summed E-state index contributed by atoms with van der Waals surface area (Å²) in [7, 11) is 2.19. The van der Waals surface area contributed by atoms with E-state index in [9.17, 15) is 0 Å². The summed E-state index contributed by atoms with van der Waals surface area (Å²) in [5.41, 5.74) is 3.73. The van der Waals surface area contributed by atoms with Gasteiger partial charge in [-0.3, -0.25) is 0 Å². The van der Waals surface area contributed by atoms with Gasteiger partial charge in [-0.25, -0.2) is 0 Å². The normalized spacial score (nSPS) is 26.0. The molecule has 0 amide bonds. The first-order chi connectivity index (χ1) is 17.7. The number of fused-ring (bicyclic) bond motifs is 4. The number of anilines is 2. The van der Waals surface area contributed by atoms with Gasteiger partial charge in [0.15, 0.2) is 0 Å². The van der Waals surface area contributed by atoms with Crippen molar-refractivity contribution >= 4 is 22.3 Å². The smallest absolute Gasteiger partial charge is 0.318 e. The molecule has 7 heteroatoms. The van der Waals surface area contributed by atoms with Gasteiger partial charge in [0.05, 0.1) is 12.2 Å². The monoisotopic (exact) mass is 484 g/mol. The van der Waals surface area contributed by atoms with E-state index < -0.39 is 0 Å². The van der Waals surface area contributed by atoms with Gasteiger partial charge in [-0.1, -0.05) is 36.4 Å². The molecule has 2 unspecified atom stereocenters. The highest BCUT2D eigenvalue weighted by atomic mass is 16.5. The maximum atomic E-state index is 6.31. The minimum absolute atomic E-state index is 0.454. The fraction of sp³-hybridized carbons (Fsp3) is 0.517. The second-order valence-electron chi connectivity index (χ2n) is 11.1. The molecule has 2 bridgehead atoms. The van der Waals surface area contributed by atoms with E-state index in [-0.39, 0.29) is 0 Å². The molecule has 3 saturated heterocycles. The third-order valence-corrected chi connectivity index (χ3v) is 8.72. The van der Waals surface area contributed by atoms with Crippen LogP contribution in [0.5, 0.6) is 6.01 Å². The van der Waals surface area contributed by atoms with Gasteiger partial charge in [0.2, 0.25) is 0 Å². The molecule has 0 aliphatic carbocycles. The van der Waals surface area contributed by atoms with Crippen LogP contribution in [0.4, 0.5) is 11.5 Å². The minimum Gasteiger partial charge on any atom is -0.462 e. The number of hydrogen-bond acceptors (Lipinski definition) is 7. The minimum atomic E-state index is 0.454. The lowest BCUT2D eigenvalue weighted by Crippen LogP contribution is -2.52. The van der Waals surface area contributed by atoms with E-state index in [1.165, 1.54) is 47.7 Å². The lowest BCUT2D eigenvalue weighted by molar-refractivity contribution is 0.187. The zero-order chi connectivity index (χ0) is 24.1. The Labute approximate surface area is 213 Å². The van der Waals surface area contributed by atoms with Gasteiger partial charge >= 0.3 is 6.01 Å². The maximum absolute atomic E-state index is 6.31. The number of benzene rings is 2. The van der Waals surface area contributed by atoms with Crippen LogP contribution >= 0.6 is 0 Å². The molecule has 36 heavy (non-hydrogen) atoms. The number of likely N-dealkylation sites (N-methyl/N-ethyl adjacent to an activating group) is 1. The van der Waals surface area contributed by atoms with Crippen LogP contribution in [0, 0.1) is 0 Å². The topological polar surface area (TPSA) is 56.8 Å². The Hall–Kier alpha value is -2.90. The van der Waals surface area contributed by atoms with Crippen molar-refractivity contribution in [3.8, 4) is 6.01 Å². The standard InChI is InChI=1S/C29H36N6O/c1-33-14-5-8-23(33)19-36-29-31-26-18-34(27-10-4-7-20-6-2-3-9-24(20)27)15-13-25(26)28(32-29)35-16-21-11-12-22(17-35)30-21/h2-4,6-7,9-10,21-23,30H,5,8,11-19H2,1H3/t21?,22?,23-/m0/s1. The van der Waals surface area contributed by atoms with Gasteiger partial charge in [-0.15, -0.1) is 0 Å². The van der Waals surface area contributed by atoms with Crippen molar-refractivity contribution in [2.45, 2.75) is 56.8 Å². The summed E-state index contributed by atoms with van der Waals surface area (Å²) in [6.45, 7) is 5.62. The lowest BCUT2D eigenvalue weighted by Gasteiger charge is -2.37. The number of ether oxygens (including phenoxy) is 1. The van der Waals surface area contributed by atoms with Crippen LogP contribution in [0.2, 0.25) is 0 Å². The molecule has 4 aliphatic rings. The second kappa shape index (κ2) is 9.20. The summed E-state index contributed by atoms with van der Waals surface area (Å²) in [4.78, 5) is 17.5. The molecule has 0 saturated carbocycles. The molecule has 5 heterocycles. The molecule has 7 nitrogen and oxygen atoms in total. The van der Waals surface area contributed by atoms with Crippen molar-refractivity contribution in [1.29, 1.82) is 0 Å². The van der Waals surface area contributed by atoms with E-state index in [2.05, 4.69) is 69.5 Å². The van der Waals surface area contributed by atoms with Crippen molar-refractivity contribution in [3.05, 3.63) is 53.7 Å². The molecule has 0 radical (unpaired) electrons. The van der Waals surface area contributed by atoms with Crippen molar-refractivity contribution in [2.75, 3.05) is 49.6 Å². The van der Waals surface area contributed by atoms with Crippen LogP contribution in [0.15, 0.2) is 42.5 Å². The van der Waals surface area contributed by atoms with E-state index >= 15 is 0 Å². The predicted molar refractivity (Wildman–Crippen MR) is 144 cm³/mol. The largest absolute Gasteiger partial charge is 0.462 e. The average Bonchev–Trinajstić information content (AvgIpc) is 3.49. The van der Waals surface area contributed by atoms with Crippen LogP contribution in [0.25, 0.3) is 10.8 Å². The van der Waals surface area contributed by atoms with Gasteiger partial charge < -0.3 is 24.8 Å². The first-order valence-corrected chi connectivity index (χ1v) is 13.7. The Morgan fingerprint density at radius 1 is 0.944 bits per heavy atom.